The fourth-order valence-electron chi connectivity index (χ4n) is 2.71. The van der Waals surface area contributed by atoms with Gasteiger partial charge < -0.3 is 14.8 Å². The van der Waals surface area contributed by atoms with Crippen molar-refractivity contribution in [2.45, 2.75) is 33.6 Å². The summed E-state index contributed by atoms with van der Waals surface area (Å²) < 4.78 is 36.0. The summed E-state index contributed by atoms with van der Waals surface area (Å²) in [7, 11) is 0. The maximum Gasteiger partial charge on any atom is 0.387 e. The molecule has 3 rings (SSSR count). The number of hydrogen-bond acceptors (Lipinski definition) is 5. The Labute approximate surface area is 172 Å². The van der Waals surface area contributed by atoms with E-state index >= 15 is 0 Å². The summed E-state index contributed by atoms with van der Waals surface area (Å²) in [6.45, 7) is 1.15. The molecule has 0 radical (unpaired) electrons. The van der Waals surface area contributed by atoms with Gasteiger partial charge in [0.15, 0.2) is 11.5 Å². The van der Waals surface area contributed by atoms with E-state index in [1.807, 2.05) is 30.3 Å². The van der Waals surface area contributed by atoms with Crippen molar-refractivity contribution in [3.63, 3.8) is 0 Å². The van der Waals surface area contributed by atoms with Gasteiger partial charge >= 0.3 is 6.61 Å². The lowest BCUT2D eigenvalue weighted by atomic mass is 10.2. The molecule has 8 heteroatoms. The molecule has 0 bridgehead atoms. The summed E-state index contributed by atoms with van der Waals surface area (Å²) in [4.78, 5) is 8.46. The third-order valence-corrected chi connectivity index (χ3v) is 4.50. The molecule has 0 amide bonds. The van der Waals surface area contributed by atoms with E-state index in [-0.39, 0.29) is 18.1 Å². The van der Waals surface area contributed by atoms with Gasteiger partial charge in [0.25, 0.3) is 0 Å². The number of aromatic nitrogens is 2. The molecular formula is C21H20ClF2N3O2. The summed E-state index contributed by atoms with van der Waals surface area (Å²) >= 11 is 6.22. The second-order valence-corrected chi connectivity index (χ2v) is 6.68. The minimum absolute atomic E-state index is 0.0311. The standard InChI is InChI=1S/C21H20ClF2N3O2/c1-13-19(22)20(27-14(2)26-13)25-11-16-8-9-17(18(10-16)29-21(23)24)28-12-15-6-4-3-5-7-15/h3-10,21H,11-12H2,1-2H3,(H,25,26,27). The Bertz CT molecular complexity index is 972. The van der Waals surface area contributed by atoms with Gasteiger partial charge in [0.2, 0.25) is 0 Å². The molecule has 1 heterocycles. The quantitative estimate of drug-likeness (QED) is 0.519. The zero-order valence-electron chi connectivity index (χ0n) is 16.0. The Balaban J connectivity index is 1.74. The number of nitrogens with zero attached hydrogens (tertiary/aromatic N) is 2. The summed E-state index contributed by atoms with van der Waals surface area (Å²) in [5.41, 5.74) is 2.29. The van der Waals surface area contributed by atoms with E-state index in [4.69, 9.17) is 16.3 Å². The summed E-state index contributed by atoms with van der Waals surface area (Å²) in [6, 6.07) is 14.3. The third-order valence-electron chi connectivity index (χ3n) is 4.05. The first-order valence-electron chi connectivity index (χ1n) is 8.91. The van der Waals surface area contributed by atoms with Crippen LogP contribution in [0.5, 0.6) is 11.5 Å². The lowest BCUT2D eigenvalue weighted by Crippen LogP contribution is -2.08. The van der Waals surface area contributed by atoms with Gasteiger partial charge in [-0.15, -0.1) is 0 Å². The Hall–Kier alpha value is -2.93. The summed E-state index contributed by atoms with van der Waals surface area (Å²) in [6.07, 6.45) is 0. The predicted octanol–water partition coefficient (Wildman–Crippen LogP) is 5.54. The Morgan fingerprint density at radius 1 is 1.00 bits per heavy atom. The fraction of sp³-hybridized carbons (Fsp3) is 0.238. The van der Waals surface area contributed by atoms with Gasteiger partial charge in [-0.3, -0.25) is 0 Å². The highest BCUT2D eigenvalue weighted by molar-refractivity contribution is 6.33. The SMILES string of the molecule is Cc1nc(C)c(Cl)c(NCc2ccc(OCc3ccccc3)c(OC(F)F)c2)n1. The first kappa shape index (κ1) is 20.8. The number of alkyl halides is 2. The van der Waals surface area contributed by atoms with E-state index in [9.17, 15) is 8.78 Å². The van der Waals surface area contributed by atoms with Crippen molar-refractivity contribution in [1.82, 2.24) is 9.97 Å². The molecule has 0 atom stereocenters. The molecule has 0 aliphatic rings. The van der Waals surface area contributed by atoms with Crippen LogP contribution < -0.4 is 14.8 Å². The van der Waals surface area contributed by atoms with Crippen molar-refractivity contribution < 1.29 is 18.3 Å². The molecule has 1 N–H and O–H groups in total. The van der Waals surface area contributed by atoms with Crippen molar-refractivity contribution >= 4 is 17.4 Å². The van der Waals surface area contributed by atoms with Crippen LogP contribution in [0, 0.1) is 13.8 Å². The van der Waals surface area contributed by atoms with Crippen LogP contribution in [0.3, 0.4) is 0 Å². The topological polar surface area (TPSA) is 56.3 Å². The van der Waals surface area contributed by atoms with Crippen molar-refractivity contribution in [3.8, 4) is 11.5 Å². The molecule has 3 aromatic rings. The number of aryl methyl sites for hydroxylation is 2. The highest BCUT2D eigenvalue weighted by Gasteiger charge is 2.13. The maximum absolute atomic E-state index is 12.9. The van der Waals surface area contributed by atoms with Crippen LogP contribution in [0.15, 0.2) is 48.5 Å². The van der Waals surface area contributed by atoms with E-state index in [1.54, 1.807) is 26.0 Å². The molecule has 29 heavy (non-hydrogen) atoms. The third kappa shape index (κ3) is 5.77. The average Bonchev–Trinajstić information content (AvgIpc) is 2.69. The van der Waals surface area contributed by atoms with Crippen molar-refractivity contribution in [1.29, 1.82) is 0 Å². The molecule has 0 unspecified atom stereocenters. The van der Waals surface area contributed by atoms with Crippen molar-refractivity contribution in [2.75, 3.05) is 5.32 Å². The molecule has 0 aliphatic carbocycles. The van der Waals surface area contributed by atoms with Gasteiger partial charge in [-0.25, -0.2) is 9.97 Å². The molecule has 0 saturated carbocycles. The van der Waals surface area contributed by atoms with Gasteiger partial charge in [0.1, 0.15) is 23.3 Å². The van der Waals surface area contributed by atoms with E-state index in [2.05, 4.69) is 20.0 Å². The Morgan fingerprint density at radius 3 is 2.48 bits per heavy atom. The molecule has 5 nitrogen and oxygen atoms in total. The number of benzene rings is 2. The fourth-order valence-corrected chi connectivity index (χ4v) is 2.86. The smallest absolute Gasteiger partial charge is 0.387 e. The van der Waals surface area contributed by atoms with Crippen molar-refractivity contribution in [3.05, 3.63) is 76.2 Å². The summed E-state index contributed by atoms with van der Waals surface area (Å²) in [5.74, 6) is 1.28. The monoisotopic (exact) mass is 419 g/mol. The lowest BCUT2D eigenvalue weighted by molar-refractivity contribution is -0.0516. The minimum Gasteiger partial charge on any atom is -0.485 e. The van der Waals surface area contributed by atoms with Gasteiger partial charge in [-0.05, 0) is 37.1 Å². The largest absolute Gasteiger partial charge is 0.485 e. The molecule has 0 spiro atoms. The zero-order valence-corrected chi connectivity index (χ0v) is 16.7. The van der Waals surface area contributed by atoms with Crippen LogP contribution in [-0.2, 0) is 13.2 Å². The number of nitrogens with one attached hydrogen (secondary N) is 1. The van der Waals surface area contributed by atoms with Gasteiger partial charge in [-0.2, -0.15) is 8.78 Å². The van der Waals surface area contributed by atoms with Gasteiger partial charge in [0.05, 0.1) is 5.69 Å². The molecule has 0 aliphatic heterocycles. The van der Waals surface area contributed by atoms with Crippen LogP contribution in [0.2, 0.25) is 5.02 Å². The molecular weight excluding hydrogens is 400 g/mol. The van der Waals surface area contributed by atoms with Crippen LogP contribution in [0.4, 0.5) is 14.6 Å². The maximum atomic E-state index is 12.9. The van der Waals surface area contributed by atoms with Gasteiger partial charge in [-0.1, -0.05) is 48.0 Å². The number of rotatable bonds is 8. The van der Waals surface area contributed by atoms with Gasteiger partial charge in [0, 0.05) is 6.54 Å². The second kappa shape index (κ2) is 9.52. The number of anilines is 1. The van der Waals surface area contributed by atoms with Crippen LogP contribution in [0.1, 0.15) is 22.6 Å². The van der Waals surface area contributed by atoms with E-state index in [0.29, 0.717) is 34.5 Å². The Morgan fingerprint density at radius 2 is 1.76 bits per heavy atom. The summed E-state index contributed by atoms with van der Waals surface area (Å²) in [5, 5.41) is 3.52. The molecule has 1 aromatic heterocycles. The minimum atomic E-state index is -2.96. The molecule has 0 saturated heterocycles. The highest BCUT2D eigenvalue weighted by atomic mass is 35.5. The van der Waals surface area contributed by atoms with E-state index in [1.165, 1.54) is 6.07 Å². The Kier molecular flexibility index (Phi) is 6.82. The van der Waals surface area contributed by atoms with E-state index in [0.717, 1.165) is 5.56 Å². The number of ether oxygens (including phenoxy) is 2. The van der Waals surface area contributed by atoms with Crippen LogP contribution in [0.25, 0.3) is 0 Å². The lowest BCUT2D eigenvalue weighted by Gasteiger charge is -2.15. The molecule has 2 aromatic carbocycles. The number of halogens is 3. The van der Waals surface area contributed by atoms with Crippen LogP contribution >= 0.6 is 11.6 Å². The van der Waals surface area contributed by atoms with Crippen molar-refractivity contribution in [2.24, 2.45) is 0 Å². The highest BCUT2D eigenvalue weighted by Crippen LogP contribution is 2.31. The van der Waals surface area contributed by atoms with E-state index < -0.39 is 6.61 Å². The average molecular weight is 420 g/mol. The normalized spacial score (nSPS) is 10.8. The first-order chi connectivity index (χ1) is 13.9. The zero-order chi connectivity index (χ0) is 20.8. The van der Waals surface area contributed by atoms with Crippen LogP contribution in [-0.4, -0.2) is 16.6 Å². The predicted molar refractivity (Wildman–Crippen MR) is 108 cm³/mol. The second-order valence-electron chi connectivity index (χ2n) is 6.31. The number of hydrogen-bond donors (Lipinski definition) is 1. The molecule has 0 fully saturated rings. The molecule has 152 valence electrons. The first-order valence-corrected chi connectivity index (χ1v) is 9.29.